The van der Waals surface area contributed by atoms with Gasteiger partial charge in [0.05, 0.1) is 5.69 Å². The maximum Gasteiger partial charge on any atom is 0.573 e. The summed E-state index contributed by atoms with van der Waals surface area (Å²) in [5.41, 5.74) is 3.31. The molecule has 0 unspecified atom stereocenters. The van der Waals surface area contributed by atoms with Crippen LogP contribution in [0, 0.1) is 0 Å². The van der Waals surface area contributed by atoms with Crippen molar-refractivity contribution in [2.75, 3.05) is 6.54 Å². The highest BCUT2D eigenvalue weighted by Gasteiger charge is 2.32. The standard InChI is InChI=1S/C21H17ClF3N3O/c22-17-7-5-14(6-8-17)20-26-11-16-13-28(10-9-18(16)27-20)12-15-3-1-2-4-19(15)29-21(23,24)25/h1-8,11H,9-10,12-13H2. The van der Waals surface area contributed by atoms with Gasteiger partial charge >= 0.3 is 6.36 Å². The molecule has 0 spiro atoms. The molecule has 1 aliphatic rings. The molecular formula is C21H17ClF3N3O. The molecule has 0 N–H and O–H groups in total. The summed E-state index contributed by atoms with van der Waals surface area (Å²) in [6.07, 6.45) is -2.23. The van der Waals surface area contributed by atoms with Gasteiger partial charge in [-0.3, -0.25) is 4.90 Å². The average molecular weight is 420 g/mol. The van der Waals surface area contributed by atoms with E-state index in [0.717, 1.165) is 16.8 Å². The van der Waals surface area contributed by atoms with Crippen molar-refractivity contribution < 1.29 is 17.9 Å². The van der Waals surface area contributed by atoms with Gasteiger partial charge < -0.3 is 4.74 Å². The van der Waals surface area contributed by atoms with Crippen molar-refractivity contribution in [2.45, 2.75) is 25.9 Å². The van der Waals surface area contributed by atoms with Crippen molar-refractivity contribution in [3.63, 3.8) is 0 Å². The molecule has 0 fully saturated rings. The lowest BCUT2D eigenvalue weighted by Crippen LogP contribution is -2.31. The molecule has 3 aromatic rings. The number of nitrogens with zero attached hydrogens (tertiary/aromatic N) is 3. The summed E-state index contributed by atoms with van der Waals surface area (Å²) in [7, 11) is 0. The number of aromatic nitrogens is 2. The Hall–Kier alpha value is -2.64. The van der Waals surface area contributed by atoms with Crippen molar-refractivity contribution in [3.8, 4) is 17.1 Å². The lowest BCUT2D eigenvalue weighted by atomic mass is 10.1. The Bertz CT molecular complexity index is 1010. The monoisotopic (exact) mass is 419 g/mol. The summed E-state index contributed by atoms with van der Waals surface area (Å²) in [6.45, 7) is 1.60. The summed E-state index contributed by atoms with van der Waals surface area (Å²) in [5.74, 6) is 0.470. The molecule has 0 saturated carbocycles. The van der Waals surface area contributed by atoms with Crippen LogP contribution < -0.4 is 4.74 Å². The number of halogens is 4. The first kappa shape index (κ1) is 19.7. The maximum absolute atomic E-state index is 12.6. The van der Waals surface area contributed by atoms with E-state index < -0.39 is 6.36 Å². The molecule has 4 nitrogen and oxygen atoms in total. The summed E-state index contributed by atoms with van der Waals surface area (Å²) in [5, 5.41) is 0.650. The Morgan fingerprint density at radius 2 is 1.83 bits per heavy atom. The number of hydrogen-bond acceptors (Lipinski definition) is 4. The van der Waals surface area contributed by atoms with Crippen molar-refractivity contribution in [1.29, 1.82) is 0 Å². The predicted octanol–water partition coefficient (Wildman–Crippen LogP) is 5.25. The van der Waals surface area contributed by atoms with Gasteiger partial charge in [-0.15, -0.1) is 13.2 Å². The van der Waals surface area contributed by atoms with Crippen molar-refractivity contribution in [1.82, 2.24) is 14.9 Å². The van der Waals surface area contributed by atoms with Crippen LogP contribution >= 0.6 is 11.6 Å². The van der Waals surface area contributed by atoms with Gasteiger partial charge in [-0.1, -0.05) is 29.8 Å². The van der Waals surface area contributed by atoms with Crippen molar-refractivity contribution in [2.24, 2.45) is 0 Å². The van der Waals surface area contributed by atoms with E-state index in [1.165, 1.54) is 12.1 Å². The predicted molar refractivity (Wildman–Crippen MR) is 103 cm³/mol. The number of ether oxygens (including phenoxy) is 1. The summed E-state index contributed by atoms with van der Waals surface area (Å²) in [6, 6.07) is 13.6. The van der Waals surface area contributed by atoms with Crippen LogP contribution in [0.15, 0.2) is 54.7 Å². The van der Waals surface area contributed by atoms with Crippen molar-refractivity contribution in [3.05, 3.63) is 76.6 Å². The third-order valence-corrected chi connectivity index (χ3v) is 4.96. The van der Waals surface area contributed by atoms with E-state index in [9.17, 15) is 13.2 Å². The second-order valence-electron chi connectivity index (χ2n) is 6.79. The van der Waals surface area contributed by atoms with Gasteiger partial charge in [-0.2, -0.15) is 0 Å². The van der Waals surface area contributed by atoms with E-state index in [-0.39, 0.29) is 5.75 Å². The summed E-state index contributed by atoms with van der Waals surface area (Å²) < 4.78 is 42.1. The molecule has 2 aromatic carbocycles. The van der Waals surface area contributed by atoms with Gasteiger partial charge in [0.15, 0.2) is 5.82 Å². The molecule has 0 radical (unpaired) electrons. The second-order valence-corrected chi connectivity index (χ2v) is 7.23. The maximum atomic E-state index is 12.6. The molecular weight excluding hydrogens is 403 g/mol. The van der Waals surface area contributed by atoms with Crippen LogP contribution in [0.25, 0.3) is 11.4 Å². The first-order chi connectivity index (χ1) is 13.9. The van der Waals surface area contributed by atoms with E-state index in [1.54, 1.807) is 30.5 Å². The number of rotatable bonds is 4. The number of alkyl halides is 3. The molecule has 0 aliphatic carbocycles. The van der Waals surface area contributed by atoms with Crippen LogP contribution in [-0.2, 0) is 19.5 Å². The van der Waals surface area contributed by atoms with Gasteiger partial charge in [0.25, 0.3) is 0 Å². The highest BCUT2D eigenvalue weighted by atomic mass is 35.5. The van der Waals surface area contributed by atoms with Crippen molar-refractivity contribution >= 4 is 11.6 Å². The highest BCUT2D eigenvalue weighted by molar-refractivity contribution is 6.30. The number of fused-ring (bicyclic) bond motifs is 1. The fraction of sp³-hybridized carbons (Fsp3) is 0.238. The highest BCUT2D eigenvalue weighted by Crippen LogP contribution is 2.29. The molecule has 1 aromatic heterocycles. The van der Waals surface area contributed by atoms with Gasteiger partial charge in [0, 0.05) is 54.0 Å². The van der Waals surface area contributed by atoms with Crippen LogP contribution in [-0.4, -0.2) is 27.8 Å². The van der Waals surface area contributed by atoms with Gasteiger partial charge in [0.2, 0.25) is 0 Å². The second kappa shape index (κ2) is 8.00. The number of para-hydroxylation sites is 1. The fourth-order valence-corrected chi connectivity index (χ4v) is 3.47. The minimum absolute atomic E-state index is 0.167. The molecule has 150 valence electrons. The molecule has 0 saturated heterocycles. The third kappa shape index (κ3) is 4.86. The molecule has 2 heterocycles. The molecule has 1 aliphatic heterocycles. The van der Waals surface area contributed by atoms with E-state index in [1.807, 2.05) is 12.1 Å². The van der Waals surface area contributed by atoms with Crippen LogP contribution in [0.2, 0.25) is 5.02 Å². The molecule has 0 amide bonds. The molecule has 0 bridgehead atoms. The van der Waals surface area contributed by atoms with Crippen LogP contribution in [0.1, 0.15) is 16.8 Å². The quantitative estimate of drug-likeness (QED) is 0.578. The zero-order valence-electron chi connectivity index (χ0n) is 15.3. The minimum Gasteiger partial charge on any atom is -0.405 e. The normalized spacial score (nSPS) is 14.5. The lowest BCUT2D eigenvalue weighted by molar-refractivity contribution is -0.275. The van der Waals surface area contributed by atoms with E-state index in [0.29, 0.717) is 42.5 Å². The summed E-state index contributed by atoms with van der Waals surface area (Å²) in [4.78, 5) is 11.2. The first-order valence-electron chi connectivity index (χ1n) is 9.04. The van der Waals surface area contributed by atoms with E-state index in [4.69, 9.17) is 11.6 Å². The molecule has 4 rings (SSSR count). The van der Waals surface area contributed by atoms with Crippen LogP contribution in [0.4, 0.5) is 13.2 Å². The molecule has 0 atom stereocenters. The minimum atomic E-state index is -4.71. The van der Waals surface area contributed by atoms with E-state index in [2.05, 4.69) is 19.6 Å². The smallest absolute Gasteiger partial charge is 0.405 e. The number of hydrogen-bond donors (Lipinski definition) is 0. The zero-order chi connectivity index (χ0) is 20.4. The van der Waals surface area contributed by atoms with Gasteiger partial charge in [0.1, 0.15) is 5.75 Å². The zero-order valence-corrected chi connectivity index (χ0v) is 16.0. The SMILES string of the molecule is FC(F)(F)Oc1ccccc1CN1CCc2nc(-c3ccc(Cl)cc3)ncc2C1. The first-order valence-corrected chi connectivity index (χ1v) is 9.42. The van der Waals surface area contributed by atoms with Gasteiger partial charge in [-0.05, 0) is 30.3 Å². The molecule has 8 heteroatoms. The third-order valence-electron chi connectivity index (χ3n) is 4.71. The Labute approximate surface area is 170 Å². The van der Waals surface area contributed by atoms with Gasteiger partial charge in [-0.25, -0.2) is 9.97 Å². The Balaban J connectivity index is 1.49. The Morgan fingerprint density at radius 1 is 1.07 bits per heavy atom. The van der Waals surface area contributed by atoms with Crippen LogP contribution in [0.5, 0.6) is 5.75 Å². The average Bonchev–Trinajstić information content (AvgIpc) is 2.69. The molecule has 29 heavy (non-hydrogen) atoms. The topological polar surface area (TPSA) is 38.2 Å². The Kier molecular flexibility index (Phi) is 5.43. The largest absolute Gasteiger partial charge is 0.573 e. The fourth-order valence-electron chi connectivity index (χ4n) is 3.35. The van der Waals surface area contributed by atoms with E-state index >= 15 is 0 Å². The van der Waals surface area contributed by atoms with Crippen LogP contribution in [0.3, 0.4) is 0 Å². The number of benzene rings is 2. The Morgan fingerprint density at radius 3 is 2.59 bits per heavy atom. The lowest BCUT2D eigenvalue weighted by Gasteiger charge is -2.28. The summed E-state index contributed by atoms with van der Waals surface area (Å²) >= 11 is 5.93.